The maximum Gasteiger partial charge on any atom is 0.000738 e. The molecule has 0 aromatic rings. The maximum absolute atomic E-state index is 2.75. The van der Waals surface area contributed by atoms with Crippen LogP contribution in [0.15, 0.2) is 0 Å². The SMILES string of the molecule is CCN1CC[C@H](C)C1.CNC. The largest absolute Gasteiger partial charge is 0.323 e. The van der Waals surface area contributed by atoms with E-state index in [-0.39, 0.29) is 0 Å². The van der Waals surface area contributed by atoms with E-state index < -0.39 is 0 Å². The summed E-state index contributed by atoms with van der Waals surface area (Å²) in [4.78, 5) is 2.50. The molecule has 68 valence electrons. The Morgan fingerprint density at radius 3 is 2.18 bits per heavy atom. The summed E-state index contributed by atoms with van der Waals surface area (Å²) in [5, 5.41) is 2.75. The second kappa shape index (κ2) is 6.62. The number of hydrogen-bond donors (Lipinski definition) is 1. The third-order valence-electron chi connectivity index (χ3n) is 1.96. The van der Waals surface area contributed by atoms with Gasteiger partial charge < -0.3 is 10.2 Å². The first-order chi connectivity index (χ1) is 5.24. The van der Waals surface area contributed by atoms with Crippen molar-refractivity contribution in [2.75, 3.05) is 33.7 Å². The quantitative estimate of drug-likeness (QED) is 0.616. The van der Waals surface area contributed by atoms with Crippen LogP contribution in [0.1, 0.15) is 20.3 Å². The Morgan fingerprint density at radius 2 is 2.00 bits per heavy atom. The predicted molar refractivity (Wildman–Crippen MR) is 50.9 cm³/mol. The third-order valence-corrected chi connectivity index (χ3v) is 1.96. The van der Waals surface area contributed by atoms with Crippen LogP contribution in [-0.2, 0) is 0 Å². The first-order valence-electron chi connectivity index (χ1n) is 4.55. The molecule has 1 saturated heterocycles. The number of rotatable bonds is 1. The van der Waals surface area contributed by atoms with Gasteiger partial charge in [-0.1, -0.05) is 13.8 Å². The molecular formula is C9H22N2. The van der Waals surface area contributed by atoms with E-state index in [0.29, 0.717) is 0 Å². The van der Waals surface area contributed by atoms with Crippen LogP contribution >= 0.6 is 0 Å². The molecule has 1 aliphatic rings. The Balaban J connectivity index is 0.000000292. The van der Waals surface area contributed by atoms with Gasteiger partial charge in [-0.3, -0.25) is 0 Å². The fraction of sp³-hybridized carbons (Fsp3) is 1.00. The van der Waals surface area contributed by atoms with Gasteiger partial charge in [0.25, 0.3) is 0 Å². The van der Waals surface area contributed by atoms with Crippen LogP contribution in [0.5, 0.6) is 0 Å². The minimum absolute atomic E-state index is 0.954. The number of nitrogens with one attached hydrogen (secondary N) is 1. The Bertz CT molecular complexity index is 83.6. The molecule has 2 heteroatoms. The second-order valence-corrected chi connectivity index (χ2v) is 3.29. The molecule has 1 fully saturated rings. The van der Waals surface area contributed by atoms with E-state index in [4.69, 9.17) is 0 Å². The summed E-state index contributed by atoms with van der Waals surface area (Å²) in [7, 11) is 3.75. The average Bonchev–Trinajstić information content (AvgIpc) is 2.37. The van der Waals surface area contributed by atoms with Gasteiger partial charge in [0, 0.05) is 6.54 Å². The lowest BCUT2D eigenvalue weighted by atomic mass is 10.2. The van der Waals surface area contributed by atoms with Gasteiger partial charge in [0.05, 0.1) is 0 Å². The van der Waals surface area contributed by atoms with Crippen molar-refractivity contribution < 1.29 is 0 Å². The Morgan fingerprint density at radius 1 is 1.45 bits per heavy atom. The highest BCUT2D eigenvalue weighted by atomic mass is 15.1. The lowest BCUT2D eigenvalue weighted by Gasteiger charge is -2.09. The molecule has 1 heterocycles. The summed E-state index contributed by atoms with van der Waals surface area (Å²) in [6.45, 7) is 8.46. The van der Waals surface area contributed by atoms with E-state index in [2.05, 4.69) is 24.1 Å². The topological polar surface area (TPSA) is 15.3 Å². The van der Waals surface area contributed by atoms with Crippen molar-refractivity contribution in [2.45, 2.75) is 20.3 Å². The molecule has 1 atom stereocenters. The zero-order valence-corrected chi connectivity index (χ0v) is 8.35. The molecule has 0 bridgehead atoms. The van der Waals surface area contributed by atoms with Crippen molar-refractivity contribution in [3.8, 4) is 0 Å². The molecular weight excluding hydrogens is 136 g/mol. The van der Waals surface area contributed by atoms with Gasteiger partial charge in [-0.05, 0) is 39.5 Å². The van der Waals surface area contributed by atoms with Crippen molar-refractivity contribution in [2.24, 2.45) is 5.92 Å². The van der Waals surface area contributed by atoms with E-state index in [9.17, 15) is 0 Å². The van der Waals surface area contributed by atoms with Gasteiger partial charge in [-0.25, -0.2) is 0 Å². The van der Waals surface area contributed by atoms with E-state index in [0.717, 1.165) is 5.92 Å². The highest BCUT2D eigenvalue weighted by molar-refractivity contribution is 4.70. The standard InChI is InChI=1S/C7H15N.C2H7N/c1-3-8-5-4-7(2)6-8;1-3-2/h7H,3-6H2,1-2H3;3H,1-2H3/t7-;/m0./s1. The number of hydrogen-bond acceptors (Lipinski definition) is 2. The summed E-state index contributed by atoms with van der Waals surface area (Å²) in [6.07, 6.45) is 1.41. The minimum atomic E-state index is 0.954. The normalized spacial score (nSPS) is 24.5. The highest BCUT2D eigenvalue weighted by Crippen LogP contribution is 2.13. The van der Waals surface area contributed by atoms with Gasteiger partial charge >= 0.3 is 0 Å². The maximum atomic E-state index is 2.75. The molecule has 11 heavy (non-hydrogen) atoms. The molecule has 1 N–H and O–H groups in total. The van der Waals surface area contributed by atoms with E-state index in [1.807, 2.05) is 14.1 Å². The average molecular weight is 158 g/mol. The van der Waals surface area contributed by atoms with Gasteiger partial charge in [0.2, 0.25) is 0 Å². The Hall–Kier alpha value is -0.0800. The van der Waals surface area contributed by atoms with Crippen molar-refractivity contribution in [1.82, 2.24) is 10.2 Å². The summed E-state index contributed by atoms with van der Waals surface area (Å²) in [5.41, 5.74) is 0. The molecule has 0 amide bonds. The molecule has 0 radical (unpaired) electrons. The lowest BCUT2D eigenvalue weighted by molar-refractivity contribution is 0.346. The van der Waals surface area contributed by atoms with Gasteiger partial charge in [-0.2, -0.15) is 0 Å². The molecule has 0 spiro atoms. The first kappa shape index (κ1) is 10.9. The molecule has 0 saturated carbocycles. The lowest BCUT2D eigenvalue weighted by Crippen LogP contribution is -2.18. The third kappa shape index (κ3) is 5.22. The Labute approximate surface area is 71.0 Å². The zero-order valence-electron chi connectivity index (χ0n) is 8.35. The fourth-order valence-electron chi connectivity index (χ4n) is 1.31. The smallest absolute Gasteiger partial charge is 0.000738 e. The first-order valence-corrected chi connectivity index (χ1v) is 4.55. The van der Waals surface area contributed by atoms with Crippen LogP contribution in [0.2, 0.25) is 0 Å². The van der Waals surface area contributed by atoms with Gasteiger partial charge in [0.15, 0.2) is 0 Å². The van der Waals surface area contributed by atoms with Crippen LogP contribution < -0.4 is 5.32 Å². The monoisotopic (exact) mass is 158 g/mol. The summed E-state index contributed by atoms with van der Waals surface area (Å²) in [5.74, 6) is 0.954. The van der Waals surface area contributed by atoms with E-state index in [1.54, 1.807) is 0 Å². The van der Waals surface area contributed by atoms with Crippen LogP contribution in [0.3, 0.4) is 0 Å². The van der Waals surface area contributed by atoms with Gasteiger partial charge in [-0.15, -0.1) is 0 Å². The summed E-state index contributed by atoms with van der Waals surface area (Å²) < 4.78 is 0. The van der Waals surface area contributed by atoms with Crippen molar-refractivity contribution in [1.29, 1.82) is 0 Å². The zero-order chi connectivity index (χ0) is 8.69. The molecule has 1 aliphatic heterocycles. The molecule has 0 aliphatic carbocycles. The van der Waals surface area contributed by atoms with E-state index in [1.165, 1.54) is 26.1 Å². The summed E-state index contributed by atoms with van der Waals surface area (Å²) in [6, 6.07) is 0. The van der Waals surface area contributed by atoms with Crippen LogP contribution in [0.25, 0.3) is 0 Å². The van der Waals surface area contributed by atoms with Crippen molar-refractivity contribution >= 4 is 0 Å². The van der Waals surface area contributed by atoms with Crippen LogP contribution in [-0.4, -0.2) is 38.6 Å². The molecule has 0 aromatic heterocycles. The minimum Gasteiger partial charge on any atom is -0.323 e. The molecule has 1 rings (SSSR count). The van der Waals surface area contributed by atoms with Crippen LogP contribution in [0.4, 0.5) is 0 Å². The fourth-order valence-corrected chi connectivity index (χ4v) is 1.31. The van der Waals surface area contributed by atoms with Gasteiger partial charge in [0.1, 0.15) is 0 Å². The number of nitrogens with zero attached hydrogens (tertiary/aromatic N) is 1. The van der Waals surface area contributed by atoms with Crippen molar-refractivity contribution in [3.05, 3.63) is 0 Å². The molecule has 0 unspecified atom stereocenters. The van der Waals surface area contributed by atoms with Crippen molar-refractivity contribution in [3.63, 3.8) is 0 Å². The molecule has 0 aromatic carbocycles. The number of likely N-dealkylation sites (tertiary alicyclic amines) is 1. The van der Waals surface area contributed by atoms with Crippen LogP contribution in [0, 0.1) is 5.92 Å². The van der Waals surface area contributed by atoms with E-state index >= 15 is 0 Å². The summed E-state index contributed by atoms with van der Waals surface area (Å²) >= 11 is 0. The predicted octanol–water partition coefficient (Wildman–Crippen LogP) is 1.18. The highest BCUT2D eigenvalue weighted by Gasteiger charge is 2.15. The second-order valence-electron chi connectivity index (χ2n) is 3.29. The molecule has 2 nitrogen and oxygen atoms in total. The Kier molecular flexibility index (Phi) is 6.57.